The minimum Gasteiger partial charge on any atom is -0.671 e. The Hall–Kier alpha value is 0.662. The Labute approximate surface area is 163 Å². The Kier molecular flexibility index (Phi) is 9.36. The Morgan fingerprint density at radius 1 is 1.48 bits per heavy atom. The van der Waals surface area contributed by atoms with E-state index in [0.29, 0.717) is 6.42 Å². The Morgan fingerprint density at radius 2 is 2.00 bits per heavy atom. The summed E-state index contributed by atoms with van der Waals surface area (Å²) in [6.45, 7) is 5.55. The molecule has 6 heteroatoms. The molecule has 0 aromatic rings. The fourth-order valence-corrected chi connectivity index (χ4v) is 3.56. The minimum atomic E-state index is -0.564. The number of ketones is 1. The van der Waals surface area contributed by atoms with E-state index in [1.165, 1.54) is 0 Å². The van der Waals surface area contributed by atoms with E-state index < -0.39 is 11.6 Å². The molecule has 1 fully saturated rings. The molecule has 0 spiro atoms. The van der Waals surface area contributed by atoms with Crippen LogP contribution in [0.15, 0.2) is 0 Å². The van der Waals surface area contributed by atoms with Crippen molar-refractivity contribution in [3.8, 4) is 0 Å². The van der Waals surface area contributed by atoms with Crippen LogP contribution in [0.25, 0.3) is 5.73 Å². The van der Waals surface area contributed by atoms with Gasteiger partial charge in [0, 0.05) is 63.1 Å². The van der Waals surface area contributed by atoms with Gasteiger partial charge in [-0.25, -0.2) is 0 Å². The van der Waals surface area contributed by atoms with Crippen molar-refractivity contribution in [1.82, 2.24) is 4.90 Å². The molecule has 1 aliphatic heterocycles. The van der Waals surface area contributed by atoms with Crippen molar-refractivity contribution in [3.63, 3.8) is 0 Å². The van der Waals surface area contributed by atoms with Gasteiger partial charge >= 0.3 is 0 Å². The van der Waals surface area contributed by atoms with Crippen LogP contribution in [0.1, 0.15) is 40.0 Å². The third-order valence-corrected chi connectivity index (χ3v) is 5.05. The second kappa shape index (κ2) is 9.08. The zero-order valence-corrected chi connectivity index (χ0v) is 18.5. The molecule has 1 radical (unpaired) electrons. The van der Waals surface area contributed by atoms with Gasteiger partial charge in [0.2, 0.25) is 0 Å². The van der Waals surface area contributed by atoms with Crippen LogP contribution in [0.2, 0.25) is 0 Å². The first-order valence-electron chi connectivity index (χ1n) is 7.32. The van der Waals surface area contributed by atoms with Gasteiger partial charge in [-0.15, -0.1) is 0 Å². The maximum atomic E-state index is 11.7. The van der Waals surface area contributed by atoms with Crippen molar-refractivity contribution >= 4 is 12.1 Å². The molecule has 0 saturated carbocycles. The van der Waals surface area contributed by atoms with E-state index in [1.807, 2.05) is 25.8 Å². The van der Waals surface area contributed by atoms with Crippen molar-refractivity contribution < 1.29 is 58.4 Å². The van der Waals surface area contributed by atoms with Crippen LogP contribution in [-0.2, 0) is 14.3 Å². The number of hydrogen-bond acceptors (Lipinski definition) is 4. The summed E-state index contributed by atoms with van der Waals surface area (Å²) >= 11 is 0. The number of hydrogen-bond donors (Lipinski definition) is 0. The Balaban J connectivity index is 0.00000400. The first-order valence-corrected chi connectivity index (χ1v) is 7.32. The van der Waals surface area contributed by atoms with E-state index in [9.17, 15) is 9.59 Å². The number of carbonyl (C=O) groups excluding carboxylic acids is 2. The molecule has 5 nitrogen and oxygen atoms in total. The van der Waals surface area contributed by atoms with Gasteiger partial charge in [-0.1, -0.05) is 19.9 Å². The molecule has 0 aliphatic carbocycles. The number of nitrogens with one attached hydrogen (secondary N) is 1. The summed E-state index contributed by atoms with van der Waals surface area (Å²) < 4.78 is 5.63. The van der Waals surface area contributed by atoms with Crippen molar-refractivity contribution in [2.75, 3.05) is 14.2 Å². The fraction of sp³-hybridized carbons (Fsp3) is 0.867. The number of ether oxygens (including phenoxy) is 1. The third kappa shape index (κ3) is 4.15. The van der Waals surface area contributed by atoms with Crippen molar-refractivity contribution in [2.45, 2.75) is 63.8 Å². The summed E-state index contributed by atoms with van der Waals surface area (Å²) in [5.74, 6) is -0.214. The van der Waals surface area contributed by atoms with Gasteiger partial charge in [0.15, 0.2) is 0 Å². The smallest absolute Gasteiger partial charge is 0.146 e. The minimum absolute atomic E-state index is 0. The van der Waals surface area contributed by atoms with E-state index in [4.69, 9.17) is 10.5 Å². The number of rotatable bonds is 7. The predicted molar refractivity (Wildman–Crippen MR) is 78.6 cm³/mol. The molecule has 1 saturated heterocycles. The quantitative estimate of drug-likeness (QED) is 0.492. The summed E-state index contributed by atoms with van der Waals surface area (Å²) in [7, 11) is 3.47. The van der Waals surface area contributed by atoms with Crippen LogP contribution >= 0.6 is 0 Å². The molecule has 1 rings (SSSR count). The standard InChI is InChI=1S/C15H27N2O3.Ac/c1-6-15(7-2,20-5)14(16)13-11(9-18)8-12(10(3)19)17(13)4;/h9,11-14,16H,6-8H2,1-5H3;/q-1;/t11-,12+,13+,14?;/m0./s1. The summed E-state index contributed by atoms with van der Waals surface area (Å²) in [5, 5.41) is 0. The summed E-state index contributed by atoms with van der Waals surface area (Å²) in [6.07, 6.45) is 2.85. The second-order valence-corrected chi connectivity index (χ2v) is 5.77. The van der Waals surface area contributed by atoms with Gasteiger partial charge in [0.25, 0.3) is 0 Å². The number of aldehydes is 1. The zero-order valence-electron chi connectivity index (χ0n) is 13.8. The van der Waals surface area contributed by atoms with Crippen LogP contribution in [0, 0.1) is 50.0 Å². The first kappa shape index (κ1) is 21.7. The van der Waals surface area contributed by atoms with Gasteiger partial charge in [-0.05, 0) is 33.2 Å². The van der Waals surface area contributed by atoms with Crippen LogP contribution in [0.5, 0.6) is 0 Å². The summed E-state index contributed by atoms with van der Waals surface area (Å²) in [5.41, 5.74) is 8.07. The van der Waals surface area contributed by atoms with E-state index in [2.05, 4.69) is 0 Å². The van der Waals surface area contributed by atoms with E-state index in [-0.39, 0.29) is 67.8 Å². The molecule has 21 heavy (non-hydrogen) atoms. The average molecular weight is 510 g/mol. The van der Waals surface area contributed by atoms with Crippen molar-refractivity contribution in [1.29, 1.82) is 0 Å². The molecule has 0 bridgehead atoms. The Morgan fingerprint density at radius 3 is 2.33 bits per heavy atom. The molecule has 4 atom stereocenters. The van der Waals surface area contributed by atoms with Crippen molar-refractivity contribution in [3.05, 3.63) is 5.73 Å². The average Bonchev–Trinajstić information content (AvgIpc) is 2.78. The molecule has 0 aromatic heterocycles. The van der Waals surface area contributed by atoms with Gasteiger partial charge in [-0.2, -0.15) is 0 Å². The molecule has 1 heterocycles. The van der Waals surface area contributed by atoms with Gasteiger partial charge < -0.3 is 15.3 Å². The number of nitrogens with zero attached hydrogens (tertiary/aromatic N) is 1. The number of Topliss-reactive ketones (excluding diaryl/α,β-unsaturated/α-hetero) is 1. The molecular formula is C15H27AcN2O3-. The third-order valence-electron chi connectivity index (χ3n) is 5.05. The normalized spacial score (nSPS) is 28.0. The topological polar surface area (TPSA) is 70.4 Å². The number of likely N-dealkylation sites (tertiary alicyclic amines) is 1. The zero-order chi connectivity index (χ0) is 15.5. The molecular weight excluding hydrogens is 483 g/mol. The predicted octanol–water partition coefficient (Wildman–Crippen LogP) is 2.09. The summed E-state index contributed by atoms with van der Waals surface area (Å²) in [4.78, 5) is 25.0. The number of carbonyl (C=O) groups is 2. The summed E-state index contributed by atoms with van der Waals surface area (Å²) in [6, 6.07) is -1.07. The molecule has 1 aliphatic rings. The van der Waals surface area contributed by atoms with Gasteiger partial charge in [0.1, 0.15) is 12.1 Å². The Bertz CT molecular complexity index is 353. The monoisotopic (exact) mass is 510 g/mol. The molecule has 0 amide bonds. The molecule has 0 aromatic carbocycles. The number of likely N-dealkylation sites (N-methyl/N-ethyl adjacent to an activating group) is 1. The largest absolute Gasteiger partial charge is 0.671 e. The maximum absolute atomic E-state index is 11.7. The van der Waals surface area contributed by atoms with Gasteiger partial charge in [-0.3, -0.25) is 9.69 Å². The SMILES string of the molecule is CCC(CC)(OC)C([NH-])[C@H]1[C@H](C=O)C[C@H](C(C)=O)N1C.[Ac]. The van der Waals surface area contributed by atoms with Crippen LogP contribution < -0.4 is 0 Å². The van der Waals surface area contributed by atoms with E-state index in [1.54, 1.807) is 14.0 Å². The van der Waals surface area contributed by atoms with E-state index in [0.717, 1.165) is 19.1 Å². The van der Waals surface area contributed by atoms with Crippen LogP contribution in [0.4, 0.5) is 0 Å². The number of methoxy groups -OCH3 is 1. The first-order chi connectivity index (χ1) is 9.38. The van der Waals surface area contributed by atoms with Crippen LogP contribution in [0.3, 0.4) is 0 Å². The van der Waals surface area contributed by atoms with E-state index >= 15 is 0 Å². The van der Waals surface area contributed by atoms with Gasteiger partial charge in [0.05, 0.1) is 11.6 Å². The van der Waals surface area contributed by atoms with Crippen molar-refractivity contribution in [2.24, 2.45) is 5.92 Å². The van der Waals surface area contributed by atoms with Crippen LogP contribution in [-0.4, -0.2) is 54.9 Å². The fourth-order valence-electron chi connectivity index (χ4n) is 3.56. The molecule has 1 N–H and O–H groups in total. The second-order valence-electron chi connectivity index (χ2n) is 5.77. The molecule has 1 unspecified atom stereocenters. The maximum Gasteiger partial charge on any atom is 0.146 e. The molecule has 119 valence electrons.